The first-order chi connectivity index (χ1) is 14.3. The van der Waals surface area contributed by atoms with Crippen LogP contribution in [0.15, 0.2) is 71.1 Å². The first-order valence-corrected chi connectivity index (χ1v) is 9.19. The van der Waals surface area contributed by atoms with Crippen LogP contribution in [0.3, 0.4) is 0 Å². The van der Waals surface area contributed by atoms with Crippen molar-refractivity contribution in [2.24, 2.45) is 0 Å². The predicted octanol–water partition coefficient (Wildman–Crippen LogP) is 4.06. The van der Waals surface area contributed by atoms with Gasteiger partial charge in [-0.15, -0.1) is 0 Å². The highest BCUT2D eigenvalue weighted by Crippen LogP contribution is 2.25. The van der Waals surface area contributed by atoms with Crippen LogP contribution in [-0.2, 0) is 16.1 Å². The summed E-state index contributed by atoms with van der Waals surface area (Å²) < 4.78 is 10.7. The van der Waals surface area contributed by atoms with Crippen LogP contribution < -0.4 is 0 Å². The molecule has 1 amide bonds. The van der Waals surface area contributed by atoms with Crippen molar-refractivity contribution in [1.29, 1.82) is 0 Å². The number of non-ortho nitro benzene ring substituents is 1. The number of hydrogen-bond donors (Lipinski definition) is 0. The minimum atomic E-state index is -0.987. The minimum Gasteiger partial charge on any atom is -0.449 e. The standard InChI is InChI=1S/C22H20N2O6/c1-15(21(25)23(2)14-16-6-4-3-5-7-16)29-22(26)20-13-12-19(30-20)17-8-10-18(11-9-17)24(27)28/h3-13,15H,14H2,1-2H3/t15-/m0/s1. The van der Waals surface area contributed by atoms with Crippen molar-refractivity contribution in [2.75, 3.05) is 7.05 Å². The molecule has 0 saturated heterocycles. The Balaban J connectivity index is 1.61. The summed E-state index contributed by atoms with van der Waals surface area (Å²) in [5, 5.41) is 10.7. The number of esters is 1. The molecule has 1 heterocycles. The average molecular weight is 408 g/mol. The Kier molecular flexibility index (Phi) is 6.26. The van der Waals surface area contributed by atoms with Crippen molar-refractivity contribution in [1.82, 2.24) is 4.90 Å². The molecule has 0 saturated carbocycles. The lowest BCUT2D eigenvalue weighted by molar-refractivity contribution is -0.384. The molecule has 1 aromatic heterocycles. The first-order valence-electron chi connectivity index (χ1n) is 9.19. The summed E-state index contributed by atoms with van der Waals surface area (Å²) in [6.07, 6.45) is -0.987. The van der Waals surface area contributed by atoms with E-state index < -0.39 is 17.0 Å². The number of nitro benzene ring substituents is 1. The zero-order valence-electron chi connectivity index (χ0n) is 16.5. The molecule has 0 spiro atoms. The third kappa shape index (κ3) is 4.91. The molecule has 0 radical (unpaired) electrons. The van der Waals surface area contributed by atoms with E-state index in [0.29, 0.717) is 17.9 Å². The Labute approximate surface area is 172 Å². The van der Waals surface area contributed by atoms with Crippen molar-refractivity contribution in [3.8, 4) is 11.3 Å². The molecule has 0 N–H and O–H groups in total. The number of benzene rings is 2. The number of nitrogens with zero attached hydrogens (tertiary/aromatic N) is 2. The summed E-state index contributed by atoms with van der Waals surface area (Å²) in [7, 11) is 1.64. The average Bonchev–Trinajstić information content (AvgIpc) is 3.24. The van der Waals surface area contributed by atoms with Gasteiger partial charge in [-0.3, -0.25) is 14.9 Å². The number of carbonyl (C=O) groups is 2. The lowest BCUT2D eigenvalue weighted by Gasteiger charge is -2.21. The largest absolute Gasteiger partial charge is 0.449 e. The third-order valence-corrected chi connectivity index (χ3v) is 4.44. The second-order valence-electron chi connectivity index (χ2n) is 6.70. The van der Waals surface area contributed by atoms with Gasteiger partial charge in [0.2, 0.25) is 5.76 Å². The molecule has 1 atom stereocenters. The maximum absolute atomic E-state index is 12.5. The van der Waals surface area contributed by atoms with E-state index in [1.165, 1.54) is 42.2 Å². The Morgan fingerprint density at radius 2 is 1.73 bits per heavy atom. The van der Waals surface area contributed by atoms with Crippen LogP contribution in [0.4, 0.5) is 5.69 Å². The fourth-order valence-electron chi connectivity index (χ4n) is 2.86. The van der Waals surface area contributed by atoms with Crippen LogP contribution in [0.25, 0.3) is 11.3 Å². The number of carbonyl (C=O) groups excluding carboxylic acids is 2. The molecule has 0 aliphatic heterocycles. The Hall–Kier alpha value is -3.94. The quantitative estimate of drug-likeness (QED) is 0.332. The van der Waals surface area contributed by atoms with Crippen molar-refractivity contribution in [2.45, 2.75) is 19.6 Å². The number of amides is 1. The number of ether oxygens (including phenoxy) is 1. The summed E-state index contributed by atoms with van der Waals surface area (Å²) >= 11 is 0. The van der Waals surface area contributed by atoms with Crippen LogP contribution >= 0.6 is 0 Å². The van der Waals surface area contributed by atoms with Gasteiger partial charge in [-0.1, -0.05) is 30.3 Å². The lowest BCUT2D eigenvalue weighted by atomic mass is 10.1. The van der Waals surface area contributed by atoms with E-state index in [1.807, 2.05) is 30.3 Å². The number of nitro groups is 1. The molecule has 0 aliphatic rings. The van der Waals surface area contributed by atoms with Crippen molar-refractivity contribution < 1.29 is 23.7 Å². The number of likely N-dealkylation sites (N-methyl/N-ethyl adjacent to an activating group) is 1. The second kappa shape index (κ2) is 9.04. The van der Waals surface area contributed by atoms with E-state index >= 15 is 0 Å². The fraction of sp³-hybridized carbons (Fsp3) is 0.182. The zero-order chi connectivity index (χ0) is 21.7. The van der Waals surface area contributed by atoms with Gasteiger partial charge < -0.3 is 14.1 Å². The van der Waals surface area contributed by atoms with Crippen LogP contribution in [-0.4, -0.2) is 34.9 Å². The maximum atomic E-state index is 12.5. The summed E-state index contributed by atoms with van der Waals surface area (Å²) in [6, 6.07) is 18.2. The Bertz CT molecular complexity index is 1040. The number of rotatable bonds is 7. The van der Waals surface area contributed by atoms with Crippen molar-refractivity contribution in [3.05, 3.63) is 88.2 Å². The van der Waals surface area contributed by atoms with Gasteiger partial charge in [-0.05, 0) is 36.8 Å². The van der Waals surface area contributed by atoms with E-state index in [1.54, 1.807) is 13.1 Å². The highest BCUT2D eigenvalue weighted by molar-refractivity contribution is 5.90. The molecule has 3 aromatic rings. The molecule has 3 rings (SSSR count). The van der Waals surface area contributed by atoms with E-state index in [9.17, 15) is 19.7 Å². The highest BCUT2D eigenvalue weighted by Gasteiger charge is 2.24. The van der Waals surface area contributed by atoms with Gasteiger partial charge in [-0.25, -0.2) is 4.79 Å². The number of furan rings is 1. The molecule has 8 heteroatoms. The molecule has 2 aromatic carbocycles. The van der Waals surface area contributed by atoms with Gasteiger partial charge in [0.25, 0.3) is 11.6 Å². The molecular formula is C22H20N2O6. The number of hydrogen-bond acceptors (Lipinski definition) is 6. The molecular weight excluding hydrogens is 388 g/mol. The van der Waals surface area contributed by atoms with E-state index in [4.69, 9.17) is 9.15 Å². The first kappa shape index (κ1) is 20.8. The van der Waals surface area contributed by atoms with Gasteiger partial charge in [0.15, 0.2) is 6.10 Å². The summed E-state index contributed by atoms with van der Waals surface area (Å²) in [5.41, 5.74) is 1.49. The van der Waals surface area contributed by atoms with E-state index in [-0.39, 0.29) is 17.4 Å². The summed E-state index contributed by atoms with van der Waals surface area (Å²) in [5.74, 6) is -0.808. The van der Waals surface area contributed by atoms with Gasteiger partial charge in [0.1, 0.15) is 5.76 Å². The molecule has 0 unspecified atom stereocenters. The molecule has 30 heavy (non-hydrogen) atoms. The highest BCUT2D eigenvalue weighted by atomic mass is 16.6. The van der Waals surface area contributed by atoms with E-state index in [2.05, 4.69) is 0 Å². The summed E-state index contributed by atoms with van der Waals surface area (Å²) in [6.45, 7) is 1.90. The van der Waals surface area contributed by atoms with Crippen LogP contribution in [0.5, 0.6) is 0 Å². The SMILES string of the molecule is C[C@H](OC(=O)c1ccc(-c2ccc([N+](=O)[O-])cc2)o1)C(=O)N(C)Cc1ccccc1. The normalized spacial score (nSPS) is 11.5. The smallest absolute Gasteiger partial charge is 0.375 e. The van der Waals surface area contributed by atoms with Crippen LogP contribution in [0, 0.1) is 10.1 Å². The van der Waals surface area contributed by atoms with Gasteiger partial charge in [0.05, 0.1) is 4.92 Å². The van der Waals surface area contributed by atoms with Crippen LogP contribution in [0.2, 0.25) is 0 Å². The van der Waals surface area contributed by atoms with Crippen molar-refractivity contribution >= 4 is 17.6 Å². The zero-order valence-corrected chi connectivity index (χ0v) is 16.5. The van der Waals surface area contributed by atoms with Crippen molar-refractivity contribution in [3.63, 3.8) is 0 Å². The van der Waals surface area contributed by atoms with Gasteiger partial charge >= 0.3 is 5.97 Å². The summed E-state index contributed by atoms with van der Waals surface area (Å²) in [4.78, 5) is 36.6. The predicted molar refractivity (Wildman–Crippen MR) is 109 cm³/mol. The second-order valence-corrected chi connectivity index (χ2v) is 6.70. The monoisotopic (exact) mass is 408 g/mol. The fourth-order valence-corrected chi connectivity index (χ4v) is 2.86. The Morgan fingerprint density at radius 1 is 1.07 bits per heavy atom. The molecule has 8 nitrogen and oxygen atoms in total. The lowest BCUT2D eigenvalue weighted by Crippen LogP contribution is -2.37. The molecule has 0 aliphatic carbocycles. The molecule has 0 fully saturated rings. The topological polar surface area (TPSA) is 103 Å². The molecule has 154 valence electrons. The van der Waals surface area contributed by atoms with E-state index in [0.717, 1.165) is 5.56 Å². The maximum Gasteiger partial charge on any atom is 0.375 e. The minimum absolute atomic E-state index is 0.0445. The molecule has 0 bridgehead atoms. The van der Waals surface area contributed by atoms with Crippen LogP contribution in [0.1, 0.15) is 23.0 Å². The van der Waals surface area contributed by atoms with Gasteiger partial charge in [-0.2, -0.15) is 0 Å². The third-order valence-electron chi connectivity index (χ3n) is 4.44. The Morgan fingerprint density at radius 3 is 2.37 bits per heavy atom. The van der Waals surface area contributed by atoms with Gasteiger partial charge in [0, 0.05) is 31.3 Å².